The molecule has 0 spiro atoms. The molecule has 1 aliphatic rings. The molecule has 116 valence electrons. The van der Waals surface area contributed by atoms with Crippen LogP contribution in [0.5, 0.6) is 0 Å². The molecule has 1 saturated heterocycles. The summed E-state index contributed by atoms with van der Waals surface area (Å²) in [4.78, 5) is 24.5. The van der Waals surface area contributed by atoms with E-state index in [1.807, 2.05) is 20.8 Å². The highest BCUT2D eigenvalue weighted by atomic mass is 16.6. The third kappa shape index (κ3) is 2.96. The topological polar surface area (TPSA) is 89.6 Å². The Morgan fingerprint density at radius 3 is 2.05 bits per heavy atom. The maximum atomic E-state index is 12.7. The van der Waals surface area contributed by atoms with Crippen molar-refractivity contribution in [1.82, 2.24) is 0 Å². The zero-order valence-electron chi connectivity index (χ0n) is 13.3. The summed E-state index contributed by atoms with van der Waals surface area (Å²) in [7, 11) is 0. The fourth-order valence-electron chi connectivity index (χ4n) is 2.87. The monoisotopic (exact) mass is 287 g/mol. The molecule has 0 aromatic heterocycles. The van der Waals surface area contributed by atoms with Crippen LogP contribution in [-0.2, 0) is 9.53 Å². The van der Waals surface area contributed by atoms with Gasteiger partial charge in [-0.3, -0.25) is 4.79 Å². The van der Waals surface area contributed by atoms with Gasteiger partial charge in [0.2, 0.25) is 0 Å². The fraction of sp³-hybridized carbons (Fsp3) is 0.857. The standard InChI is InChI=1S/C14H26N2O4/c1-13(2,3)16(12(19)20-14(4,5)6)8-9(17)7-10(16)11(15)18/h9-10,17H,7-8H2,1-6H3,(H-,15,18)/p+1/t9?,10-,16?/m0/s1. The molecule has 1 heterocycles. The minimum Gasteiger partial charge on any atom is -0.414 e. The Morgan fingerprint density at radius 1 is 1.20 bits per heavy atom. The summed E-state index contributed by atoms with van der Waals surface area (Å²) >= 11 is 0. The van der Waals surface area contributed by atoms with Crippen molar-refractivity contribution in [3.05, 3.63) is 0 Å². The summed E-state index contributed by atoms with van der Waals surface area (Å²) in [6, 6.07) is -0.764. The number of hydrogen-bond acceptors (Lipinski definition) is 4. The van der Waals surface area contributed by atoms with Crippen molar-refractivity contribution in [2.75, 3.05) is 6.54 Å². The van der Waals surface area contributed by atoms with E-state index in [4.69, 9.17) is 10.5 Å². The Bertz CT molecular complexity index is 408. The van der Waals surface area contributed by atoms with Crippen LogP contribution in [0.2, 0.25) is 0 Å². The summed E-state index contributed by atoms with van der Waals surface area (Å²) in [6.07, 6.45) is -1.06. The highest BCUT2D eigenvalue weighted by Gasteiger charge is 2.62. The van der Waals surface area contributed by atoms with Gasteiger partial charge in [0.1, 0.15) is 23.8 Å². The molecule has 0 radical (unpaired) electrons. The average molecular weight is 287 g/mol. The van der Waals surface area contributed by atoms with Crippen LogP contribution in [0.25, 0.3) is 0 Å². The van der Waals surface area contributed by atoms with Gasteiger partial charge in [0, 0.05) is 6.42 Å². The number of nitrogens with zero attached hydrogens (tertiary/aromatic N) is 1. The smallest absolute Gasteiger partial charge is 0.414 e. The Kier molecular flexibility index (Phi) is 4.23. The summed E-state index contributed by atoms with van der Waals surface area (Å²) in [5.74, 6) is -0.581. The van der Waals surface area contributed by atoms with Crippen molar-refractivity contribution in [1.29, 1.82) is 0 Å². The third-order valence-corrected chi connectivity index (χ3v) is 3.77. The molecule has 2 unspecified atom stereocenters. The number of primary amides is 1. The predicted octanol–water partition coefficient (Wildman–Crippen LogP) is 1.16. The van der Waals surface area contributed by atoms with Crippen molar-refractivity contribution in [2.45, 2.75) is 71.2 Å². The number of amides is 2. The number of carbonyl (C=O) groups is 2. The van der Waals surface area contributed by atoms with Crippen LogP contribution in [0.3, 0.4) is 0 Å². The van der Waals surface area contributed by atoms with Crippen molar-refractivity contribution < 1.29 is 23.9 Å². The molecule has 1 rings (SSSR count). The Hall–Kier alpha value is -1.14. The minimum atomic E-state index is -0.764. The lowest BCUT2D eigenvalue weighted by atomic mass is 9.99. The summed E-state index contributed by atoms with van der Waals surface area (Å²) in [5, 5.41) is 9.96. The second kappa shape index (κ2) is 5.00. The average Bonchev–Trinajstić information content (AvgIpc) is 2.53. The third-order valence-electron chi connectivity index (χ3n) is 3.77. The molecule has 6 nitrogen and oxygen atoms in total. The maximum absolute atomic E-state index is 12.7. The largest absolute Gasteiger partial charge is 0.517 e. The number of nitrogens with two attached hydrogens (primary N) is 1. The van der Waals surface area contributed by atoms with Crippen LogP contribution in [0, 0.1) is 0 Å². The lowest BCUT2D eigenvalue weighted by molar-refractivity contribution is -0.908. The van der Waals surface area contributed by atoms with E-state index in [9.17, 15) is 14.7 Å². The first-order valence-electron chi connectivity index (χ1n) is 6.90. The molecule has 1 aliphatic heterocycles. The highest BCUT2D eigenvalue weighted by Crippen LogP contribution is 2.38. The van der Waals surface area contributed by atoms with E-state index in [1.54, 1.807) is 20.8 Å². The van der Waals surface area contributed by atoms with Gasteiger partial charge in [-0.15, -0.1) is 0 Å². The van der Waals surface area contributed by atoms with E-state index in [0.717, 1.165) is 0 Å². The predicted molar refractivity (Wildman–Crippen MR) is 74.7 cm³/mol. The molecule has 0 aromatic carbocycles. The van der Waals surface area contributed by atoms with Gasteiger partial charge >= 0.3 is 6.09 Å². The summed E-state index contributed by atoms with van der Waals surface area (Å²) in [6.45, 7) is 11.0. The number of ether oxygens (including phenoxy) is 1. The van der Waals surface area contributed by atoms with Gasteiger partial charge in [-0.05, 0) is 41.5 Å². The van der Waals surface area contributed by atoms with Gasteiger partial charge in [-0.2, -0.15) is 4.79 Å². The van der Waals surface area contributed by atoms with Crippen LogP contribution in [0.4, 0.5) is 4.79 Å². The van der Waals surface area contributed by atoms with Gasteiger partial charge in [0.25, 0.3) is 5.91 Å². The van der Waals surface area contributed by atoms with E-state index < -0.39 is 35.3 Å². The Balaban J connectivity index is 3.30. The molecular formula is C14H27N2O4+. The zero-order valence-corrected chi connectivity index (χ0v) is 13.3. The lowest BCUT2D eigenvalue weighted by Crippen LogP contribution is -2.69. The molecule has 20 heavy (non-hydrogen) atoms. The van der Waals surface area contributed by atoms with Gasteiger partial charge in [0.05, 0.1) is 0 Å². The number of aliphatic hydroxyl groups excluding tert-OH is 1. The van der Waals surface area contributed by atoms with Crippen LogP contribution >= 0.6 is 0 Å². The molecule has 0 bridgehead atoms. The van der Waals surface area contributed by atoms with E-state index >= 15 is 0 Å². The van der Waals surface area contributed by atoms with Crippen molar-refractivity contribution in [3.8, 4) is 0 Å². The summed E-state index contributed by atoms with van der Waals surface area (Å²) in [5.41, 5.74) is 4.20. The Labute approximate surface area is 120 Å². The first-order chi connectivity index (χ1) is 8.81. The van der Waals surface area contributed by atoms with Gasteiger partial charge in [-0.1, -0.05) is 0 Å². The molecular weight excluding hydrogens is 260 g/mol. The van der Waals surface area contributed by atoms with E-state index in [1.165, 1.54) is 0 Å². The minimum absolute atomic E-state index is 0.145. The summed E-state index contributed by atoms with van der Waals surface area (Å²) < 4.78 is 5.23. The molecule has 0 aliphatic carbocycles. The SMILES string of the molecule is CC(C)(C)OC(=O)[N+]1(C(C)(C)C)CC(O)C[C@H]1C(N)=O. The normalized spacial score (nSPS) is 31.1. The van der Waals surface area contributed by atoms with Crippen LogP contribution < -0.4 is 5.73 Å². The number of quaternary nitrogens is 1. The molecule has 0 aromatic rings. The molecule has 1 fully saturated rings. The van der Waals surface area contributed by atoms with Gasteiger partial charge in [-0.25, -0.2) is 4.48 Å². The zero-order chi connectivity index (χ0) is 15.9. The van der Waals surface area contributed by atoms with E-state index in [2.05, 4.69) is 0 Å². The van der Waals surface area contributed by atoms with Crippen molar-refractivity contribution in [2.24, 2.45) is 5.73 Å². The number of rotatable bonds is 1. The first-order valence-corrected chi connectivity index (χ1v) is 6.90. The van der Waals surface area contributed by atoms with E-state index in [0.29, 0.717) is 0 Å². The maximum Gasteiger partial charge on any atom is 0.517 e. The second-order valence-corrected chi connectivity index (χ2v) is 7.51. The van der Waals surface area contributed by atoms with E-state index in [-0.39, 0.29) is 17.4 Å². The van der Waals surface area contributed by atoms with Crippen LogP contribution in [0.1, 0.15) is 48.0 Å². The first kappa shape index (κ1) is 16.9. The molecule has 6 heteroatoms. The van der Waals surface area contributed by atoms with Crippen LogP contribution in [0.15, 0.2) is 0 Å². The number of carbonyl (C=O) groups excluding carboxylic acids is 2. The van der Waals surface area contributed by atoms with Gasteiger partial charge < -0.3 is 15.6 Å². The van der Waals surface area contributed by atoms with Crippen molar-refractivity contribution >= 4 is 12.0 Å². The molecule has 2 amide bonds. The lowest BCUT2D eigenvalue weighted by Gasteiger charge is -2.45. The highest BCUT2D eigenvalue weighted by molar-refractivity contribution is 5.81. The molecule has 3 N–H and O–H groups in total. The Morgan fingerprint density at radius 2 is 1.70 bits per heavy atom. The number of likely N-dealkylation sites (tertiary alicyclic amines) is 1. The fourth-order valence-corrected chi connectivity index (χ4v) is 2.87. The second-order valence-electron chi connectivity index (χ2n) is 7.51. The van der Waals surface area contributed by atoms with Crippen LogP contribution in [-0.4, -0.2) is 51.4 Å². The number of hydrogen-bond donors (Lipinski definition) is 2. The molecule has 3 atom stereocenters. The molecule has 0 saturated carbocycles. The number of aliphatic hydroxyl groups is 1. The van der Waals surface area contributed by atoms with Gasteiger partial charge in [0.15, 0.2) is 6.04 Å². The quantitative estimate of drug-likeness (QED) is 0.708. The van der Waals surface area contributed by atoms with Crippen molar-refractivity contribution in [3.63, 3.8) is 0 Å².